The minimum Gasteiger partial charge on any atom is -0.355 e. The molecule has 1 N–H and O–H groups in total. The zero-order valence-corrected chi connectivity index (χ0v) is 15.7. The first-order valence-electron chi connectivity index (χ1n) is 9.16. The van der Waals surface area contributed by atoms with E-state index in [-0.39, 0.29) is 30.1 Å². The number of carbonyl (C=O) groups is 2. The van der Waals surface area contributed by atoms with Crippen LogP contribution in [-0.2, 0) is 9.59 Å². The van der Waals surface area contributed by atoms with Gasteiger partial charge in [0.2, 0.25) is 11.8 Å². The van der Waals surface area contributed by atoms with Crippen LogP contribution >= 0.6 is 0 Å². The van der Waals surface area contributed by atoms with Gasteiger partial charge < -0.3 is 10.2 Å². The summed E-state index contributed by atoms with van der Waals surface area (Å²) in [5.41, 5.74) is 4.43. The van der Waals surface area contributed by atoms with Gasteiger partial charge in [-0.15, -0.1) is 0 Å². The van der Waals surface area contributed by atoms with Gasteiger partial charge in [0.1, 0.15) is 0 Å². The summed E-state index contributed by atoms with van der Waals surface area (Å²) in [6.07, 6.45) is 0.276. The molecule has 2 amide bonds. The molecular weight excluding hydrogens is 324 g/mol. The normalized spacial score (nSPS) is 18.0. The number of hydrogen-bond acceptors (Lipinski definition) is 2. The third-order valence-electron chi connectivity index (χ3n) is 5.25. The second kappa shape index (κ2) is 7.73. The summed E-state index contributed by atoms with van der Waals surface area (Å²) in [5.74, 6) is -0.0582. The van der Waals surface area contributed by atoms with Gasteiger partial charge in [-0.1, -0.05) is 43.3 Å². The van der Waals surface area contributed by atoms with Crippen LogP contribution in [0.3, 0.4) is 0 Å². The van der Waals surface area contributed by atoms with Crippen LogP contribution in [0.5, 0.6) is 0 Å². The van der Waals surface area contributed by atoms with E-state index in [0.717, 1.165) is 11.3 Å². The van der Waals surface area contributed by atoms with Crippen molar-refractivity contribution in [1.29, 1.82) is 0 Å². The first-order valence-corrected chi connectivity index (χ1v) is 9.16. The molecule has 3 rings (SSSR count). The molecule has 0 saturated carbocycles. The highest BCUT2D eigenvalue weighted by atomic mass is 16.2. The standard InChI is InChI=1S/C22H26N2O2/c1-15-9-10-20(11-16(15)2)24-14-19(12-21(24)25)22(26)23-13-17(3)18-7-5-4-6-8-18/h4-11,17,19H,12-14H2,1-3H3,(H,23,26)/t17-,19-/m1/s1. The Morgan fingerprint density at radius 1 is 1.15 bits per heavy atom. The maximum Gasteiger partial charge on any atom is 0.227 e. The van der Waals surface area contributed by atoms with E-state index in [1.807, 2.05) is 43.3 Å². The summed E-state index contributed by atoms with van der Waals surface area (Å²) in [4.78, 5) is 26.7. The number of rotatable bonds is 5. The highest BCUT2D eigenvalue weighted by Gasteiger charge is 2.35. The number of nitrogens with zero attached hydrogens (tertiary/aromatic N) is 1. The highest BCUT2D eigenvalue weighted by Crippen LogP contribution is 2.27. The van der Waals surface area contributed by atoms with E-state index in [4.69, 9.17) is 0 Å². The molecule has 4 heteroatoms. The van der Waals surface area contributed by atoms with E-state index in [9.17, 15) is 9.59 Å². The van der Waals surface area contributed by atoms with Gasteiger partial charge in [-0.2, -0.15) is 0 Å². The van der Waals surface area contributed by atoms with Crippen molar-refractivity contribution < 1.29 is 9.59 Å². The third-order valence-corrected chi connectivity index (χ3v) is 5.25. The first kappa shape index (κ1) is 18.2. The molecule has 1 aliphatic heterocycles. The van der Waals surface area contributed by atoms with E-state index in [1.165, 1.54) is 11.1 Å². The van der Waals surface area contributed by atoms with E-state index in [0.29, 0.717) is 13.1 Å². The van der Waals surface area contributed by atoms with E-state index in [1.54, 1.807) is 4.90 Å². The van der Waals surface area contributed by atoms with Crippen LogP contribution in [0, 0.1) is 19.8 Å². The lowest BCUT2D eigenvalue weighted by Crippen LogP contribution is -2.35. The largest absolute Gasteiger partial charge is 0.355 e. The smallest absolute Gasteiger partial charge is 0.227 e. The number of carbonyl (C=O) groups excluding carboxylic acids is 2. The average molecular weight is 350 g/mol. The van der Waals surface area contributed by atoms with Gasteiger partial charge in [-0.25, -0.2) is 0 Å². The molecule has 0 aromatic heterocycles. The Morgan fingerprint density at radius 3 is 2.58 bits per heavy atom. The Morgan fingerprint density at radius 2 is 1.88 bits per heavy atom. The number of amides is 2. The summed E-state index contributed by atoms with van der Waals surface area (Å²) < 4.78 is 0. The highest BCUT2D eigenvalue weighted by molar-refractivity contribution is 6.00. The molecule has 2 atom stereocenters. The number of nitrogens with one attached hydrogen (secondary N) is 1. The van der Waals surface area contributed by atoms with Crippen molar-refractivity contribution in [3.05, 3.63) is 65.2 Å². The summed E-state index contributed by atoms with van der Waals surface area (Å²) in [5, 5.41) is 3.02. The second-order valence-corrected chi connectivity index (χ2v) is 7.23. The van der Waals surface area contributed by atoms with Crippen LogP contribution in [0.1, 0.15) is 36.0 Å². The maximum absolute atomic E-state index is 12.5. The summed E-state index contributed by atoms with van der Waals surface area (Å²) in [6, 6.07) is 16.1. The van der Waals surface area contributed by atoms with E-state index >= 15 is 0 Å². The fourth-order valence-electron chi connectivity index (χ4n) is 3.32. The number of hydrogen-bond donors (Lipinski definition) is 1. The van der Waals surface area contributed by atoms with Crippen molar-refractivity contribution in [3.8, 4) is 0 Å². The van der Waals surface area contributed by atoms with Crippen LogP contribution in [0.4, 0.5) is 5.69 Å². The van der Waals surface area contributed by atoms with Crippen molar-refractivity contribution in [2.45, 2.75) is 33.1 Å². The number of benzene rings is 2. The fraction of sp³-hybridized carbons (Fsp3) is 0.364. The number of aryl methyl sites for hydroxylation is 2. The summed E-state index contributed by atoms with van der Waals surface area (Å²) in [7, 11) is 0. The second-order valence-electron chi connectivity index (χ2n) is 7.23. The predicted octanol–water partition coefficient (Wildman–Crippen LogP) is 3.58. The maximum atomic E-state index is 12.5. The predicted molar refractivity (Wildman–Crippen MR) is 104 cm³/mol. The van der Waals surface area contributed by atoms with Gasteiger partial charge in [0.15, 0.2) is 0 Å². The molecule has 2 aromatic carbocycles. The van der Waals surface area contributed by atoms with Gasteiger partial charge in [0.25, 0.3) is 0 Å². The van der Waals surface area contributed by atoms with Crippen LogP contribution in [0.25, 0.3) is 0 Å². The lowest BCUT2D eigenvalue weighted by molar-refractivity contribution is -0.126. The SMILES string of the molecule is Cc1ccc(N2C[C@H](C(=O)NC[C@@H](C)c3ccccc3)CC2=O)cc1C. The Kier molecular flexibility index (Phi) is 5.40. The van der Waals surface area contributed by atoms with Gasteiger partial charge >= 0.3 is 0 Å². The fourth-order valence-corrected chi connectivity index (χ4v) is 3.32. The quantitative estimate of drug-likeness (QED) is 0.896. The average Bonchev–Trinajstić information content (AvgIpc) is 3.04. The zero-order valence-electron chi connectivity index (χ0n) is 15.7. The van der Waals surface area contributed by atoms with E-state index in [2.05, 4.69) is 31.3 Å². The van der Waals surface area contributed by atoms with Crippen molar-refractivity contribution in [1.82, 2.24) is 5.32 Å². The van der Waals surface area contributed by atoms with Gasteiger partial charge in [0.05, 0.1) is 5.92 Å². The Hall–Kier alpha value is -2.62. The zero-order chi connectivity index (χ0) is 18.7. The Balaban J connectivity index is 1.59. The molecule has 0 bridgehead atoms. The van der Waals surface area contributed by atoms with Gasteiger partial charge in [-0.05, 0) is 48.6 Å². The molecule has 1 fully saturated rings. The third kappa shape index (κ3) is 3.96. The molecule has 4 nitrogen and oxygen atoms in total. The first-order chi connectivity index (χ1) is 12.5. The van der Waals surface area contributed by atoms with E-state index < -0.39 is 0 Å². The van der Waals surface area contributed by atoms with Crippen LogP contribution < -0.4 is 10.2 Å². The van der Waals surface area contributed by atoms with Crippen molar-refractivity contribution in [2.24, 2.45) is 5.92 Å². The molecule has 0 unspecified atom stereocenters. The lowest BCUT2D eigenvalue weighted by atomic mass is 10.0. The van der Waals surface area contributed by atoms with Gasteiger partial charge in [0, 0.05) is 25.2 Å². The monoisotopic (exact) mass is 350 g/mol. The molecular formula is C22H26N2O2. The lowest BCUT2D eigenvalue weighted by Gasteiger charge is -2.18. The number of anilines is 1. The molecule has 1 heterocycles. The van der Waals surface area contributed by atoms with Crippen molar-refractivity contribution >= 4 is 17.5 Å². The topological polar surface area (TPSA) is 49.4 Å². The minimum atomic E-state index is -0.285. The van der Waals surface area contributed by atoms with Crippen LogP contribution in [0.15, 0.2) is 48.5 Å². The molecule has 1 aliphatic rings. The van der Waals surface area contributed by atoms with Crippen LogP contribution in [0.2, 0.25) is 0 Å². The Labute approximate surface area is 155 Å². The Bertz CT molecular complexity index is 801. The minimum absolute atomic E-state index is 0.0181. The molecule has 26 heavy (non-hydrogen) atoms. The summed E-state index contributed by atoms with van der Waals surface area (Å²) >= 11 is 0. The molecule has 1 saturated heterocycles. The van der Waals surface area contributed by atoms with Crippen LogP contribution in [-0.4, -0.2) is 24.9 Å². The summed E-state index contributed by atoms with van der Waals surface area (Å²) in [6.45, 7) is 7.21. The molecule has 0 radical (unpaired) electrons. The molecule has 136 valence electrons. The van der Waals surface area contributed by atoms with Crippen molar-refractivity contribution in [3.63, 3.8) is 0 Å². The van der Waals surface area contributed by atoms with Crippen molar-refractivity contribution in [2.75, 3.05) is 18.0 Å². The molecule has 2 aromatic rings. The van der Waals surface area contributed by atoms with Gasteiger partial charge in [-0.3, -0.25) is 9.59 Å². The molecule has 0 spiro atoms. The molecule has 0 aliphatic carbocycles.